The van der Waals surface area contributed by atoms with Crippen LogP contribution in [0.1, 0.15) is 0 Å². The first kappa shape index (κ1) is 17.5. The van der Waals surface area contributed by atoms with Crippen LogP contribution in [0.25, 0.3) is 0 Å². The van der Waals surface area contributed by atoms with Gasteiger partial charge in [-0.1, -0.05) is 72.8 Å². The van der Waals surface area contributed by atoms with Crippen LogP contribution in [0.4, 0.5) is 0 Å². The summed E-state index contributed by atoms with van der Waals surface area (Å²) < 4.78 is 6.38. The van der Waals surface area contributed by atoms with Crippen LogP contribution in [0.2, 0.25) is 0 Å². The minimum absolute atomic E-state index is 0.634. The maximum absolute atomic E-state index is 6.38. The van der Waals surface area contributed by atoms with Gasteiger partial charge in [0.15, 0.2) is 7.26 Å². The summed E-state index contributed by atoms with van der Waals surface area (Å²) >= 11 is 0. The first-order valence-corrected chi connectivity index (χ1v) is 11.1. The zero-order chi connectivity index (χ0) is 18.4. The van der Waals surface area contributed by atoms with Gasteiger partial charge in [0.25, 0.3) is 0 Å². The van der Waals surface area contributed by atoms with Crippen LogP contribution in [0.3, 0.4) is 0 Å². The molecule has 4 rings (SSSR count). The molecular formula is C25H22OP+. The van der Waals surface area contributed by atoms with E-state index < -0.39 is 7.26 Å². The van der Waals surface area contributed by atoms with Crippen molar-refractivity contribution in [2.75, 3.05) is 6.35 Å². The standard InChI is InChI=1S/C25H22OP/c1-5-13-22(14-6-1)26-21-27(23-15-7-2-8-16-23,24-17-9-3-10-18-24)25-19-11-4-12-20-25/h1-20H,21H2/q+1. The Bertz CT molecular complexity index is 857. The number of para-hydroxylation sites is 1. The van der Waals surface area contributed by atoms with E-state index in [2.05, 4.69) is 91.0 Å². The third-order valence-electron chi connectivity index (χ3n) is 4.76. The average Bonchev–Trinajstić information content (AvgIpc) is 2.77. The Hall–Kier alpha value is -2.89. The number of ether oxygens (including phenoxy) is 1. The highest BCUT2D eigenvalue weighted by atomic mass is 31.2. The van der Waals surface area contributed by atoms with Crippen LogP contribution in [0, 0.1) is 0 Å². The molecular weight excluding hydrogens is 347 g/mol. The van der Waals surface area contributed by atoms with Crippen molar-refractivity contribution in [1.82, 2.24) is 0 Å². The minimum Gasteiger partial charge on any atom is -0.458 e. The van der Waals surface area contributed by atoms with Crippen LogP contribution >= 0.6 is 7.26 Å². The van der Waals surface area contributed by atoms with Crippen LogP contribution in [0.15, 0.2) is 121 Å². The zero-order valence-corrected chi connectivity index (χ0v) is 16.0. The molecule has 0 aliphatic carbocycles. The highest BCUT2D eigenvalue weighted by Crippen LogP contribution is 2.55. The lowest BCUT2D eigenvalue weighted by Crippen LogP contribution is -2.35. The summed E-state index contributed by atoms with van der Waals surface area (Å²) in [7, 11) is -1.94. The van der Waals surface area contributed by atoms with Crippen molar-refractivity contribution >= 4 is 23.2 Å². The lowest BCUT2D eigenvalue weighted by molar-refractivity contribution is 0.388. The van der Waals surface area contributed by atoms with Gasteiger partial charge in [0.1, 0.15) is 21.7 Å². The second-order valence-electron chi connectivity index (χ2n) is 6.40. The summed E-state index contributed by atoms with van der Waals surface area (Å²) in [6.07, 6.45) is 0.634. The zero-order valence-electron chi connectivity index (χ0n) is 15.1. The molecule has 0 fully saturated rings. The number of benzene rings is 4. The van der Waals surface area contributed by atoms with E-state index in [-0.39, 0.29) is 0 Å². The smallest absolute Gasteiger partial charge is 0.210 e. The fourth-order valence-electron chi connectivity index (χ4n) is 3.41. The maximum Gasteiger partial charge on any atom is 0.210 e. The van der Waals surface area contributed by atoms with Gasteiger partial charge in [-0.05, 0) is 48.5 Å². The molecule has 0 saturated heterocycles. The molecule has 0 atom stereocenters. The van der Waals surface area contributed by atoms with Gasteiger partial charge in [0, 0.05) is 0 Å². The van der Waals surface area contributed by atoms with E-state index in [0.717, 1.165) is 5.75 Å². The fraction of sp³-hybridized carbons (Fsp3) is 0.0400. The lowest BCUT2D eigenvalue weighted by atomic mass is 10.3. The first-order valence-electron chi connectivity index (χ1n) is 9.12. The van der Waals surface area contributed by atoms with E-state index in [0.29, 0.717) is 6.35 Å². The van der Waals surface area contributed by atoms with Crippen LogP contribution < -0.4 is 20.7 Å². The van der Waals surface area contributed by atoms with Crippen LogP contribution in [0.5, 0.6) is 5.75 Å². The highest BCUT2D eigenvalue weighted by Gasteiger charge is 2.46. The molecule has 0 heterocycles. The van der Waals surface area contributed by atoms with Crippen molar-refractivity contribution in [3.8, 4) is 5.75 Å². The van der Waals surface area contributed by atoms with Crippen molar-refractivity contribution < 1.29 is 4.74 Å². The largest absolute Gasteiger partial charge is 0.458 e. The lowest BCUT2D eigenvalue weighted by Gasteiger charge is -2.27. The van der Waals surface area contributed by atoms with E-state index in [1.165, 1.54) is 15.9 Å². The van der Waals surface area contributed by atoms with Crippen molar-refractivity contribution in [3.05, 3.63) is 121 Å². The molecule has 0 N–H and O–H groups in total. The van der Waals surface area contributed by atoms with Gasteiger partial charge < -0.3 is 4.74 Å². The van der Waals surface area contributed by atoms with Crippen LogP contribution in [-0.2, 0) is 0 Å². The van der Waals surface area contributed by atoms with Crippen molar-refractivity contribution in [1.29, 1.82) is 0 Å². The molecule has 0 saturated carbocycles. The predicted molar refractivity (Wildman–Crippen MR) is 117 cm³/mol. The molecule has 4 aromatic carbocycles. The molecule has 0 bridgehead atoms. The highest BCUT2D eigenvalue weighted by molar-refractivity contribution is 7.95. The van der Waals surface area contributed by atoms with Crippen molar-refractivity contribution in [3.63, 3.8) is 0 Å². The molecule has 27 heavy (non-hydrogen) atoms. The molecule has 4 aromatic rings. The summed E-state index contributed by atoms with van der Waals surface area (Å²) in [6, 6.07) is 42.5. The Morgan fingerprint density at radius 2 is 0.778 bits per heavy atom. The summed E-state index contributed by atoms with van der Waals surface area (Å²) in [6.45, 7) is 0. The molecule has 0 spiro atoms. The van der Waals surface area contributed by atoms with Gasteiger partial charge in [-0.15, -0.1) is 0 Å². The second kappa shape index (κ2) is 8.20. The maximum atomic E-state index is 6.38. The van der Waals surface area contributed by atoms with Gasteiger partial charge in [0.05, 0.1) is 0 Å². The molecule has 1 nitrogen and oxygen atoms in total. The van der Waals surface area contributed by atoms with Gasteiger partial charge in [-0.2, -0.15) is 0 Å². The Balaban J connectivity index is 1.89. The summed E-state index contributed by atoms with van der Waals surface area (Å²) in [5.74, 6) is 0.907. The van der Waals surface area contributed by atoms with Gasteiger partial charge in [-0.3, -0.25) is 0 Å². The Morgan fingerprint density at radius 1 is 0.444 bits per heavy atom. The average molecular weight is 369 g/mol. The third kappa shape index (κ3) is 3.65. The van der Waals surface area contributed by atoms with Gasteiger partial charge >= 0.3 is 0 Å². The molecule has 0 amide bonds. The number of hydrogen-bond donors (Lipinski definition) is 0. The quantitative estimate of drug-likeness (QED) is 0.434. The summed E-state index contributed by atoms with van der Waals surface area (Å²) in [5.41, 5.74) is 0. The Morgan fingerprint density at radius 3 is 1.15 bits per heavy atom. The molecule has 132 valence electrons. The monoisotopic (exact) mass is 369 g/mol. The number of rotatable bonds is 6. The van der Waals surface area contributed by atoms with E-state index >= 15 is 0 Å². The Kier molecular flexibility index (Phi) is 5.32. The molecule has 0 unspecified atom stereocenters. The number of hydrogen-bond acceptors (Lipinski definition) is 1. The van der Waals surface area contributed by atoms with E-state index in [1.54, 1.807) is 0 Å². The summed E-state index contributed by atoms with van der Waals surface area (Å²) in [5, 5.41) is 4.00. The minimum atomic E-state index is -1.94. The van der Waals surface area contributed by atoms with Gasteiger partial charge in [0.2, 0.25) is 6.35 Å². The first-order chi connectivity index (χ1) is 13.4. The normalized spacial score (nSPS) is 11.1. The second-order valence-corrected chi connectivity index (χ2v) is 9.83. The van der Waals surface area contributed by atoms with Gasteiger partial charge in [-0.25, -0.2) is 0 Å². The fourth-order valence-corrected chi connectivity index (χ4v) is 7.13. The van der Waals surface area contributed by atoms with E-state index in [4.69, 9.17) is 4.74 Å². The molecule has 0 aliphatic rings. The SMILES string of the molecule is c1ccc(OC[P+](c2ccccc2)(c2ccccc2)c2ccccc2)cc1. The molecule has 0 radical (unpaired) electrons. The molecule has 0 aromatic heterocycles. The topological polar surface area (TPSA) is 9.23 Å². The predicted octanol–water partition coefficient (Wildman–Crippen LogP) is 5.02. The van der Waals surface area contributed by atoms with Crippen molar-refractivity contribution in [2.24, 2.45) is 0 Å². The van der Waals surface area contributed by atoms with Crippen LogP contribution in [-0.4, -0.2) is 6.35 Å². The van der Waals surface area contributed by atoms with E-state index in [9.17, 15) is 0 Å². The van der Waals surface area contributed by atoms with Crippen molar-refractivity contribution in [2.45, 2.75) is 0 Å². The molecule has 2 heteroatoms. The molecule has 0 aliphatic heterocycles. The van der Waals surface area contributed by atoms with E-state index in [1.807, 2.05) is 30.3 Å². The summed E-state index contributed by atoms with van der Waals surface area (Å²) in [4.78, 5) is 0. The Labute approximate surface area is 161 Å². The third-order valence-corrected chi connectivity index (χ3v) is 8.81.